The summed E-state index contributed by atoms with van der Waals surface area (Å²) in [4.78, 5) is 17.2. The Hall–Kier alpha value is -3.42. The Morgan fingerprint density at radius 1 is 1.13 bits per heavy atom. The van der Waals surface area contributed by atoms with E-state index in [1.807, 2.05) is 6.20 Å². The van der Waals surface area contributed by atoms with E-state index in [2.05, 4.69) is 62.4 Å². The van der Waals surface area contributed by atoms with Crippen LogP contribution >= 0.6 is 0 Å². The van der Waals surface area contributed by atoms with Crippen molar-refractivity contribution in [2.45, 2.75) is 51.1 Å². The van der Waals surface area contributed by atoms with Gasteiger partial charge in [0.1, 0.15) is 12.4 Å². The number of fused-ring (bicyclic) bond motifs is 2. The summed E-state index contributed by atoms with van der Waals surface area (Å²) in [5.74, 6) is 0.981. The molecule has 10 heteroatoms. The van der Waals surface area contributed by atoms with Gasteiger partial charge in [-0.15, -0.1) is 0 Å². The number of nitriles is 1. The van der Waals surface area contributed by atoms with Crippen molar-refractivity contribution in [2.75, 3.05) is 62.7 Å². The van der Waals surface area contributed by atoms with Gasteiger partial charge in [-0.1, -0.05) is 6.07 Å². The first-order valence-corrected chi connectivity index (χ1v) is 13.9. The molecule has 200 valence electrons. The van der Waals surface area contributed by atoms with Crippen molar-refractivity contribution < 1.29 is 4.74 Å². The van der Waals surface area contributed by atoms with Crippen LogP contribution in [0, 0.1) is 18.3 Å². The highest BCUT2D eigenvalue weighted by atomic mass is 16.5. The topological polar surface area (TPSA) is 109 Å². The number of likely N-dealkylation sites (N-methyl/N-ethyl adjacent to an activating group) is 1. The molecule has 0 bridgehead atoms. The Bertz CT molecular complexity index is 1330. The second kappa shape index (κ2) is 10.8. The molecule has 0 aliphatic carbocycles. The number of H-pyrrole nitrogens is 1. The number of nitrogens with zero attached hydrogens (tertiary/aromatic N) is 7. The molecule has 0 radical (unpaired) electrons. The van der Waals surface area contributed by atoms with E-state index in [-0.39, 0.29) is 6.04 Å². The van der Waals surface area contributed by atoms with Gasteiger partial charge in [-0.25, -0.2) is 0 Å². The van der Waals surface area contributed by atoms with Gasteiger partial charge in [0.2, 0.25) is 0 Å². The fourth-order valence-corrected chi connectivity index (χ4v) is 6.26. The molecule has 0 amide bonds. The fraction of sp³-hybridized carbons (Fsp3) is 0.571. The normalized spacial score (nSPS) is 22.3. The molecule has 2 fully saturated rings. The molecule has 2 N–H and O–H groups in total. The molecule has 2 saturated heterocycles. The number of aromatic amines is 1. The van der Waals surface area contributed by atoms with Crippen molar-refractivity contribution in [3.05, 3.63) is 35.2 Å². The number of ether oxygens (including phenoxy) is 1. The molecule has 10 nitrogen and oxygen atoms in total. The molecule has 38 heavy (non-hydrogen) atoms. The molecule has 3 aromatic rings. The molecular weight excluding hydrogens is 478 g/mol. The summed E-state index contributed by atoms with van der Waals surface area (Å²) in [6, 6.07) is 7.63. The van der Waals surface area contributed by atoms with Crippen LogP contribution in [0.2, 0.25) is 0 Å². The van der Waals surface area contributed by atoms with Gasteiger partial charge < -0.3 is 24.8 Å². The Morgan fingerprint density at radius 3 is 2.87 bits per heavy atom. The maximum absolute atomic E-state index is 9.29. The number of piperazine rings is 1. The molecule has 3 aliphatic heterocycles. The number of anilines is 2. The highest BCUT2D eigenvalue weighted by Gasteiger charge is 2.29. The maximum Gasteiger partial charge on any atom is 0.318 e. The first kappa shape index (κ1) is 24.9. The van der Waals surface area contributed by atoms with Crippen molar-refractivity contribution >= 4 is 22.4 Å². The molecule has 2 atom stereocenters. The van der Waals surface area contributed by atoms with Gasteiger partial charge in [-0.3, -0.25) is 5.10 Å². The molecule has 6 rings (SSSR count). The van der Waals surface area contributed by atoms with Crippen LogP contribution in [0.25, 0.3) is 10.9 Å². The van der Waals surface area contributed by atoms with Gasteiger partial charge in [0.05, 0.1) is 35.6 Å². The third kappa shape index (κ3) is 4.88. The molecule has 2 aromatic heterocycles. The summed E-state index contributed by atoms with van der Waals surface area (Å²) in [5.41, 5.74) is 5.86. The second-order valence-corrected chi connectivity index (χ2v) is 10.9. The SMILES string of the molecule is Cc1ccc2[nH]ncc2c1N1CCc2nc(OC[C@@H]3CCCN3C)nc(N3CCN[C@@H](CC#N)C3)c2CC1. The van der Waals surface area contributed by atoms with Crippen molar-refractivity contribution in [1.29, 1.82) is 5.26 Å². The van der Waals surface area contributed by atoms with Crippen LogP contribution in [0.4, 0.5) is 11.5 Å². The molecule has 1 aromatic carbocycles. The molecule has 5 heterocycles. The monoisotopic (exact) mass is 515 g/mol. The molecule has 0 saturated carbocycles. The van der Waals surface area contributed by atoms with Gasteiger partial charge >= 0.3 is 6.01 Å². The van der Waals surface area contributed by atoms with E-state index in [1.165, 1.54) is 23.2 Å². The zero-order valence-electron chi connectivity index (χ0n) is 22.4. The minimum atomic E-state index is 0.138. The number of aromatic nitrogens is 4. The van der Waals surface area contributed by atoms with Crippen LogP contribution in [0.5, 0.6) is 6.01 Å². The van der Waals surface area contributed by atoms with Gasteiger partial charge in [0.15, 0.2) is 0 Å². The lowest BCUT2D eigenvalue weighted by atomic mass is 10.1. The Labute approximate surface area is 224 Å². The number of nitrogens with one attached hydrogen (secondary N) is 2. The number of rotatable bonds is 6. The summed E-state index contributed by atoms with van der Waals surface area (Å²) in [7, 11) is 2.16. The number of hydrogen-bond acceptors (Lipinski definition) is 9. The predicted molar refractivity (Wildman–Crippen MR) is 148 cm³/mol. The first-order chi connectivity index (χ1) is 18.6. The van der Waals surface area contributed by atoms with Crippen LogP contribution < -0.4 is 19.9 Å². The number of hydrogen-bond donors (Lipinski definition) is 2. The average molecular weight is 516 g/mol. The predicted octanol–water partition coefficient (Wildman–Crippen LogP) is 2.43. The zero-order chi connectivity index (χ0) is 26.1. The molecular formula is C28H37N9O. The third-order valence-electron chi connectivity index (χ3n) is 8.38. The number of benzene rings is 1. The summed E-state index contributed by atoms with van der Waals surface area (Å²) in [6.07, 6.45) is 6.46. The number of likely N-dealkylation sites (tertiary alicyclic amines) is 1. The Kier molecular flexibility index (Phi) is 7.04. The van der Waals surface area contributed by atoms with Crippen molar-refractivity contribution in [3.8, 4) is 12.1 Å². The highest BCUT2D eigenvalue weighted by molar-refractivity contribution is 5.93. The van der Waals surface area contributed by atoms with Gasteiger partial charge in [-0.2, -0.15) is 20.3 Å². The van der Waals surface area contributed by atoms with E-state index in [4.69, 9.17) is 14.7 Å². The van der Waals surface area contributed by atoms with Crippen LogP contribution in [0.15, 0.2) is 18.3 Å². The van der Waals surface area contributed by atoms with E-state index in [1.54, 1.807) is 0 Å². The minimum absolute atomic E-state index is 0.138. The van der Waals surface area contributed by atoms with Crippen LogP contribution in [0.1, 0.15) is 36.1 Å². The van der Waals surface area contributed by atoms with Crippen molar-refractivity contribution in [2.24, 2.45) is 0 Å². The van der Waals surface area contributed by atoms with E-state index in [0.29, 0.717) is 25.1 Å². The summed E-state index contributed by atoms with van der Waals surface area (Å²) in [5, 5.41) is 21.4. The third-order valence-corrected chi connectivity index (χ3v) is 8.38. The van der Waals surface area contributed by atoms with E-state index in [0.717, 1.165) is 80.9 Å². The molecule has 0 spiro atoms. The largest absolute Gasteiger partial charge is 0.462 e. The van der Waals surface area contributed by atoms with Gasteiger partial charge in [-0.05, 0) is 51.4 Å². The van der Waals surface area contributed by atoms with Crippen LogP contribution in [-0.2, 0) is 12.8 Å². The minimum Gasteiger partial charge on any atom is -0.462 e. The standard InChI is InChI=1S/C28H37N9O/c1-19-5-6-25-23(16-31-34-25)26(19)36-13-8-22-24(9-14-36)32-28(38-18-21-4-3-12-35(21)2)33-27(22)37-15-11-30-20(17-37)7-10-29/h5-6,16,20-21,30H,3-4,7-9,11-15,17-18H2,1-2H3,(H,31,34)/t20-,21-/m0/s1. The number of aryl methyl sites for hydroxylation is 1. The summed E-state index contributed by atoms with van der Waals surface area (Å²) >= 11 is 0. The first-order valence-electron chi connectivity index (χ1n) is 13.9. The molecule has 0 unspecified atom stereocenters. The lowest BCUT2D eigenvalue weighted by Gasteiger charge is -2.35. The van der Waals surface area contributed by atoms with Crippen molar-refractivity contribution in [1.82, 2.24) is 30.4 Å². The molecule has 3 aliphatic rings. The Balaban J connectivity index is 1.31. The van der Waals surface area contributed by atoms with E-state index < -0.39 is 0 Å². The van der Waals surface area contributed by atoms with Crippen molar-refractivity contribution in [3.63, 3.8) is 0 Å². The maximum atomic E-state index is 9.29. The smallest absolute Gasteiger partial charge is 0.318 e. The highest BCUT2D eigenvalue weighted by Crippen LogP contribution is 2.33. The van der Waals surface area contributed by atoms with Gasteiger partial charge in [0.25, 0.3) is 0 Å². The lowest BCUT2D eigenvalue weighted by molar-refractivity contribution is 0.187. The summed E-state index contributed by atoms with van der Waals surface area (Å²) < 4.78 is 6.27. The van der Waals surface area contributed by atoms with Crippen LogP contribution in [0.3, 0.4) is 0 Å². The van der Waals surface area contributed by atoms with Crippen LogP contribution in [-0.4, -0.2) is 90.1 Å². The Morgan fingerprint density at radius 2 is 2.03 bits per heavy atom. The van der Waals surface area contributed by atoms with E-state index >= 15 is 0 Å². The summed E-state index contributed by atoms with van der Waals surface area (Å²) in [6.45, 7) is 8.11. The second-order valence-electron chi connectivity index (χ2n) is 10.9. The quantitative estimate of drug-likeness (QED) is 0.512. The van der Waals surface area contributed by atoms with Gasteiger partial charge in [0, 0.05) is 62.2 Å². The average Bonchev–Trinajstić information content (AvgIpc) is 3.51. The lowest BCUT2D eigenvalue weighted by Crippen LogP contribution is -2.51. The van der Waals surface area contributed by atoms with E-state index in [9.17, 15) is 5.26 Å². The fourth-order valence-electron chi connectivity index (χ4n) is 6.26. The zero-order valence-corrected chi connectivity index (χ0v) is 22.4.